The number of benzene rings is 2. The predicted octanol–water partition coefficient (Wildman–Crippen LogP) is 4.03. The van der Waals surface area contributed by atoms with Crippen molar-refractivity contribution in [1.82, 2.24) is 0 Å². The second-order valence-electron chi connectivity index (χ2n) is 8.71. The Kier molecular flexibility index (Phi) is 8.99. The molecule has 2 nitrogen and oxygen atoms in total. The molecule has 0 spiro atoms. The summed E-state index contributed by atoms with van der Waals surface area (Å²) in [6.07, 6.45) is 14.0. The van der Waals surface area contributed by atoms with Crippen molar-refractivity contribution in [2.45, 2.75) is 77.7 Å². The standard InChI is InChI=1S/C27H37N2.BrH/c1-2-3-4-5-6-7-8-9-10-15-20-28-21-22-29-26-19-14-13-17-24(26)23-16-11-12-18-25(23)27(28)29;/h11-14,16-19H,2-10,15,20-22H2,1H3;1H/q+1;/p-1. The summed E-state index contributed by atoms with van der Waals surface area (Å²) in [7, 11) is 0. The van der Waals surface area contributed by atoms with Crippen molar-refractivity contribution >= 4 is 27.5 Å². The number of anilines is 1. The summed E-state index contributed by atoms with van der Waals surface area (Å²) in [5.41, 5.74) is 1.38. The van der Waals surface area contributed by atoms with Crippen LogP contribution in [0.5, 0.6) is 0 Å². The zero-order chi connectivity index (χ0) is 19.9. The van der Waals surface area contributed by atoms with Crippen LogP contribution < -0.4 is 26.4 Å². The summed E-state index contributed by atoms with van der Waals surface area (Å²) in [4.78, 5) is 2.64. The average Bonchev–Trinajstić information content (AvgIpc) is 3.20. The fourth-order valence-electron chi connectivity index (χ4n) is 5.01. The number of nitrogens with zero attached hydrogens (tertiary/aromatic N) is 2. The Morgan fingerprint density at radius 3 is 1.97 bits per heavy atom. The van der Waals surface area contributed by atoms with Crippen LogP contribution in [0.3, 0.4) is 0 Å². The Balaban J connectivity index is 0.00000256. The van der Waals surface area contributed by atoms with E-state index in [1.54, 1.807) is 0 Å². The van der Waals surface area contributed by atoms with Gasteiger partial charge in [-0.3, -0.25) is 4.90 Å². The Morgan fingerprint density at radius 2 is 1.27 bits per heavy atom. The molecule has 0 fully saturated rings. The molecular formula is C27H37BrN2. The highest BCUT2D eigenvalue weighted by Gasteiger charge is 2.31. The summed E-state index contributed by atoms with van der Waals surface area (Å²) in [5, 5.41) is 4.19. The fourth-order valence-corrected chi connectivity index (χ4v) is 5.01. The lowest BCUT2D eigenvalue weighted by Gasteiger charge is -2.14. The van der Waals surface area contributed by atoms with E-state index in [0.717, 1.165) is 13.1 Å². The Morgan fingerprint density at radius 1 is 0.700 bits per heavy atom. The molecule has 0 aliphatic carbocycles. The van der Waals surface area contributed by atoms with E-state index in [-0.39, 0.29) is 17.0 Å². The molecule has 1 aliphatic heterocycles. The molecule has 1 aromatic heterocycles. The molecule has 4 rings (SSSR count). The molecule has 0 amide bonds. The third-order valence-electron chi connectivity index (χ3n) is 6.58. The van der Waals surface area contributed by atoms with E-state index in [2.05, 4.69) is 64.9 Å². The van der Waals surface area contributed by atoms with Gasteiger partial charge in [0.2, 0.25) is 0 Å². The van der Waals surface area contributed by atoms with Crippen LogP contribution in [-0.2, 0) is 6.54 Å². The number of unbranched alkanes of at least 4 members (excludes halogenated alkanes) is 9. The first-order valence-electron chi connectivity index (χ1n) is 12.0. The first-order valence-corrected chi connectivity index (χ1v) is 12.0. The van der Waals surface area contributed by atoms with Gasteiger partial charge >= 0.3 is 0 Å². The third kappa shape index (κ3) is 5.17. The van der Waals surface area contributed by atoms with Gasteiger partial charge in [0.1, 0.15) is 18.6 Å². The Labute approximate surface area is 193 Å². The minimum atomic E-state index is 0. The van der Waals surface area contributed by atoms with Crippen molar-refractivity contribution in [2.24, 2.45) is 0 Å². The number of hydrogen-bond acceptors (Lipinski definition) is 1. The molecule has 2 aromatic carbocycles. The maximum absolute atomic E-state index is 2.64. The number of hydrogen-bond donors (Lipinski definition) is 0. The smallest absolute Gasteiger partial charge is 0.285 e. The summed E-state index contributed by atoms with van der Waals surface area (Å²) >= 11 is 0. The van der Waals surface area contributed by atoms with Crippen molar-refractivity contribution in [2.75, 3.05) is 18.0 Å². The molecule has 0 bridgehead atoms. The van der Waals surface area contributed by atoms with Crippen molar-refractivity contribution in [3.05, 3.63) is 48.5 Å². The van der Waals surface area contributed by atoms with Crippen LogP contribution >= 0.6 is 0 Å². The molecule has 30 heavy (non-hydrogen) atoms. The topological polar surface area (TPSA) is 7.12 Å². The molecule has 0 saturated heterocycles. The van der Waals surface area contributed by atoms with E-state index in [9.17, 15) is 0 Å². The lowest BCUT2D eigenvalue weighted by Crippen LogP contribution is -3.00. The van der Waals surface area contributed by atoms with Gasteiger partial charge in [-0.2, -0.15) is 0 Å². The summed E-state index contributed by atoms with van der Waals surface area (Å²) in [6, 6.07) is 17.9. The molecule has 162 valence electrons. The molecular weight excluding hydrogens is 432 g/mol. The third-order valence-corrected chi connectivity index (χ3v) is 6.58. The van der Waals surface area contributed by atoms with E-state index in [4.69, 9.17) is 0 Å². The largest absolute Gasteiger partial charge is 1.00 e. The lowest BCUT2D eigenvalue weighted by atomic mass is 10.0. The van der Waals surface area contributed by atoms with Crippen LogP contribution in [0.1, 0.15) is 71.1 Å². The van der Waals surface area contributed by atoms with Gasteiger partial charge in [0.05, 0.1) is 11.9 Å². The first-order chi connectivity index (χ1) is 14.4. The maximum Gasteiger partial charge on any atom is 0.285 e. The average molecular weight is 470 g/mol. The normalized spacial score (nSPS) is 13.0. The molecule has 1 aliphatic rings. The summed E-state index contributed by atoms with van der Waals surface area (Å²) in [6.45, 7) is 5.75. The van der Waals surface area contributed by atoms with E-state index in [1.807, 2.05) is 0 Å². The summed E-state index contributed by atoms with van der Waals surface area (Å²) in [5.74, 6) is 1.44. The van der Waals surface area contributed by atoms with E-state index in [0.29, 0.717) is 0 Å². The molecule has 0 unspecified atom stereocenters. The Bertz CT molecular complexity index is 937. The van der Waals surface area contributed by atoms with Crippen LogP contribution in [0.2, 0.25) is 0 Å². The molecule has 0 N–H and O–H groups in total. The van der Waals surface area contributed by atoms with Gasteiger partial charge in [0, 0.05) is 10.8 Å². The van der Waals surface area contributed by atoms with Crippen LogP contribution in [0.15, 0.2) is 48.5 Å². The highest BCUT2D eigenvalue weighted by atomic mass is 79.9. The number of para-hydroxylation sites is 1. The van der Waals surface area contributed by atoms with Gasteiger partial charge in [-0.15, -0.1) is 0 Å². The van der Waals surface area contributed by atoms with Crippen LogP contribution in [0.25, 0.3) is 21.7 Å². The van der Waals surface area contributed by atoms with Gasteiger partial charge < -0.3 is 17.0 Å². The molecule has 0 atom stereocenters. The van der Waals surface area contributed by atoms with Crippen LogP contribution in [0, 0.1) is 0 Å². The number of halogens is 1. The van der Waals surface area contributed by atoms with Crippen LogP contribution in [0.4, 0.5) is 5.82 Å². The monoisotopic (exact) mass is 468 g/mol. The number of rotatable bonds is 11. The fraction of sp³-hybridized carbons (Fsp3) is 0.519. The number of aromatic nitrogens is 1. The predicted molar refractivity (Wildman–Crippen MR) is 126 cm³/mol. The van der Waals surface area contributed by atoms with E-state index < -0.39 is 0 Å². The molecule has 0 radical (unpaired) electrons. The Hall–Kier alpha value is -1.61. The number of pyridine rings is 1. The summed E-state index contributed by atoms with van der Waals surface area (Å²) < 4.78 is 2.55. The zero-order valence-corrected chi connectivity index (χ0v) is 20.2. The van der Waals surface area contributed by atoms with Crippen molar-refractivity contribution in [1.29, 1.82) is 0 Å². The maximum atomic E-state index is 2.64. The van der Waals surface area contributed by atoms with Gasteiger partial charge in [-0.1, -0.05) is 94.7 Å². The van der Waals surface area contributed by atoms with Crippen molar-refractivity contribution < 1.29 is 21.5 Å². The highest BCUT2D eigenvalue weighted by molar-refractivity contribution is 6.08. The number of fused-ring (bicyclic) bond motifs is 6. The minimum absolute atomic E-state index is 0. The SMILES string of the molecule is CCCCCCCCCCCCN1CC[n+]2c1c1ccccc1c1ccccc12.[Br-]. The van der Waals surface area contributed by atoms with Crippen molar-refractivity contribution in [3.8, 4) is 0 Å². The quantitative estimate of drug-likeness (QED) is 0.234. The molecule has 0 saturated carbocycles. The van der Waals surface area contributed by atoms with E-state index in [1.165, 1.54) is 98.2 Å². The zero-order valence-electron chi connectivity index (χ0n) is 18.6. The molecule has 2 heterocycles. The van der Waals surface area contributed by atoms with Gasteiger partial charge in [0.15, 0.2) is 0 Å². The first kappa shape index (κ1) is 23.1. The van der Waals surface area contributed by atoms with Crippen molar-refractivity contribution in [3.63, 3.8) is 0 Å². The molecule has 3 aromatic rings. The second-order valence-corrected chi connectivity index (χ2v) is 8.71. The minimum Gasteiger partial charge on any atom is -1.00 e. The van der Waals surface area contributed by atoms with Gasteiger partial charge in [-0.05, 0) is 25.0 Å². The van der Waals surface area contributed by atoms with Crippen LogP contribution in [-0.4, -0.2) is 13.1 Å². The highest BCUT2D eigenvalue weighted by Crippen LogP contribution is 2.32. The van der Waals surface area contributed by atoms with Gasteiger partial charge in [-0.25, -0.2) is 4.57 Å². The lowest BCUT2D eigenvalue weighted by molar-refractivity contribution is -0.643. The van der Waals surface area contributed by atoms with Gasteiger partial charge in [0.25, 0.3) is 5.82 Å². The van der Waals surface area contributed by atoms with E-state index >= 15 is 0 Å². The second kappa shape index (κ2) is 11.7. The molecule has 3 heteroatoms.